The van der Waals surface area contributed by atoms with Crippen LogP contribution in [0.3, 0.4) is 0 Å². The van der Waals surface area contributed by atoms with E-state index in [2.05, 4.69) is 5.32 Å². The molecule has 0 atom stereocenters. The Morgan fingerprint density at radius 3 is 2.53 bits per heavy atom. The Morgan fingerprint density at radius 1 is 1.26 bits per heavy atom. The Hall–Kier alpha value is -1.74. The van der Waals surface area contributed by atoms with Gasteiger partial charge in [0.2, 0.25) is 5.91 Å². The summed E-state index contributed by atoms with van der Waals surface area (Å²) in [5.74, 6) is 0.687. The second-order valence-corrected chi connectivity index (χ2v) is 5.33. The Balaban J connectivity index is 2.06. The van der Waals surface area contributed by atoms with Gasteiger partial charge in [0.05, 0.1) is 18.2 Å². The molecular weight excluding hydrogens is 262 g/mol. The number of benzene rings is 1. The minimum Gasteiger partial charge on any atom is -0.467 e. The number of carbonyl (C=O) groups is 1. The van der Waals surface area contributed by atoms with Gasteiger partial charge in [0.1, 0.15) is 5.76 Å². The van der Waals surface area contributed by atoms with Crippen molar-refractivity contribution in [3.63, 3.8) is 0 Å². The predicted molar refractivity (Wildman–Crippen MR) is 75.0 cm³/mol. The molecule has 0 aliphatic heterocycles. The number of furan rings is 1. The maximum absolute atomic E-state index is 12.3. The van der Waals surface area contributed by atoms with Crippen LogP contribution in [0.2, 0.25) is 5.02 Å². The van der Waals surface area contributed by atoms with Crippen LogP contribution >= 0.6 is 11.6 Å². The van der Waals surface area contributed by atoms with Crippen LogP contribution in [0.15, 0.2) is 47.1 Å². The van der Waals surface area contributed by atoms with Gasteiger partial charge in [0.25, 0.3) is 0 Å². The summed E-state index contributed by atoms with van der Waals surface area (Å²) in [6.45, 7) is 4.16. The van der Waals surface area contributed by atoms with E-state index in [0.717, 1.165) is 11.3 Å². The largest absolute Gasteiger partial charge is 0.467 e. The average Bonchev–Trinajstić information content (AvgIpc) is 2.89. The van der Waals surface area contributed by atoms with Gasteiger partial charge in [-0.15, -0.1) is 0 Å². The maximum Gasteiger partial charge on any atom is 0.230 e. The van der Waals surface area contributed by atoms with E-state index >= 15 is 0 Å². The van der Waals surface area contributed by atoms with Crippen LogP contribution < -0.4 is 5.32 Å². The van der Waals surface area contributed by atoms with Crippen molar-refractivity contribution in [1.29, 1.82) is 0 Å². The summed E-state index contributed by atoms with van der Waals surface area (Å²) in [4.78, 5) is 12.3. The summed E-state index contributed by atoms with van der Waals surface area (Å²) in [5.41, 5.74) is 0.311. The van der Waals surface area contributed by atoms with Gasteiger partial charge in [0, 0.05) is 5.02 Å². The van der Waals surface area contributed by atoms with Gasteiger partial charge in [-0.25, -0.2) is 0 Å². The average molecular weight is 278 g/mol. The highest BCUT2D eigenvalue weighted by Gasteiger charge is 2.29. The van der Waals surface area contributed by atoms with Gasteiger partial charge in [-0.3, -0.25) is 4.79 Å². The minimum atomic E-state index is -0.614. The zero-order valence-corrected chi connectivity index (χ0v) is 11.7. The summed E-state index contributed by atoms with van der Waals surface area (Å²) < 4.78 is 5.19. The smallest absolute Gasteiger partial charge is 0.230 e. The van der Waals surface area contributed by atoms with Gasteiger partial charge in [0.15, 0.2) is 0 Å². The molecule has 0 bridgehead atoms. The highest BCUT2D eigenvalue weighted by Crippen LogP contribution is 2.25. The molecule has 4 heteroatoms. The summed E-state index contributed by atoms with van der Waals surface area (Å²) in [6, 6.07) is 10.9. The zero-order chi connectivity index (χ0) is 13.9. The first-order valence-electron chi connectivity index (χ1n) is 6.07. The fraction of sp³-hybridized carbons (Fsp3) is 0.267. The Kier molecular flexibility index (Phi) is 3.96. The van der Waals surface area contributed by atoms with E-state index in [-0.39, 0.29) is 5.91 Å². The lowest BCUT2D eigenvalue weighted by Gasteiger charge is -2.24. The third-order valence-corrected chi connectivity index (χ3v) is 3.39. The van der Waals surface area contributed by atoms with Crippen LogP contribution in [0.25, 0.3) is 0 Å². The van der Waals surface area contributed by atoms with E-state index in [1.165, 1.54) is 0 Å². The fourth-order valence-electron chi connectivity index (χ4n) is 1.80. The molecule has 1 aromatic carbocycles. The highest BCUT2D eigenvalue weighted by atomic mass is 35.5. The Morgan fingerprint density at radius 2 is 1.95 bits per heavy atom. The van der Waals surface area contributed by atoms with Gasteiger partial charge >= 0.3 is 0 Å². The summed E-state index contributed by atoms with van der Waals surface area (Å²) in [5, 5.41) is 3.54. The summed E-state index contributed by atoms with van der Waals surface area (Å²) >= 11 is 5.86. The number of hydrogen-bond donors (Lipinski definition) is 1. The van der Waals surface area contributed by atoms with Gasteiger partial charge in [-0.1, -0.05) is 23.7 Å². The SMILES string of the molecule is CC(C)(C(=O)NCc1ccco1)c1ccc(Cl)cc1. The van der Waals surface area contributed by atoms with Crippen molar-refractivity contribution >= 4 is 17.5 Å². The van der Waals surface area contributed by atoms with Gasteiger partial charge in [-0.2, -0.15) is 0 Å². The van der Waals surface area contributed by atoms with E-state index in [0.29, 0.717) is 11.6 Å². The molecule has 1 aromatic heterocycles. The number of nitrogens with one attached hydrogen (secondary N) is 1. The number of carbonyl (C=O) groups excluding carboxylic acids is 1. The van der Waals surface area contributed by atoms with E-state index < -0.39 is 5.41 Å². The molecule has 2 aromatic rings. The molecule has 2 rings (SSSR count). The quantitative estimate of drug-likeness (QED) is 0.929. The second-order valence-electron chi connectivity index (χ2n) is 4.89. The molecule has 0 aliphatic carbocycles. The number of amides is 1. The molecule has 0 radical (unpaired) electrons. The third-order valence-electron chi connectivity index (χ3n) is 3.14. The summed E-state index contributed by atoms with van der Waals surface area (Å²) in [7, 11) is 0. The topological polar surface area (TPSA) is 42.2 Å². The fourth-order valence-corrected chi connectivity index (χ4v) is 1.93. The molecule has 0 spiro atoms. The molecule has 0 saturated carbocycles. The van der Waals surface area contributed by atoms with Gasteiger partial charge < -0.3 is 9.73 Å². The molecule has 1 heterocycles. The molecule has 100 valence electrons. The van der Waals surface area contributed by atoms with Crippen molar-refractivity contribution in [1.82, 2.24) is 5.32 Å². The predicted octanol–water partition coefficient (Wildman–Crippen LogP) is 3.53. The van der Waals surface area contributed by atoms with E-state index in [9.17, 15) is 4.79 Å². The molecule has 19 heavy (non-hydrogen) atoms. The van der Waals surface area contributed by atoms with E-state index in [4.69, 9.17) is 16.0 Å². The van der Waals surface area contributed by atoms with Crippen molar-refractivity contribution in [2.24, 2.45) is 0 Å². The maximum atomic E-state index is 12.3. The molecule has 0 fully saturated rings. The molecule has 0 aliphatic rings. The monoisotopic (exact) mass is 277 g/mol. The van der Waals surface area contributed by atoms with E-state index in [1.807, 2.05) is 32.0 Å². The van der Waals surface area contributed by atoms with Crippen molar-refractivity contribution in [2.75, 3.05) is 0 Å². The molecule has 1 N–H and O–H groups in total. The minimum absolute atomic E-state index is 0.0498. The standard InChI is InChI=1S/C15H16ClNO2/c1-15(2,11-5-7-12(16)8-6-11)14(18)17-10-13-4-3-9-19-13/h3-9H,10H2,1-2H3,(H,17,18). The zero-order valence-electron chi connectivity index (χ0n) is 10.9. The lowest BCUT2D eigenvalue weighted by Crippen LogP contribution is -2.39. The van der Waals surface area contributed by atoms with Crippen LogP contribution in [-0.4, -0.2) is 5.91 Å². The first kappa shape index (κ1) is 13.7. The molecule has 3 nitrogen and oxygen atoms in total. The van der Waals surface area contributed by atoms with Crippen molar-refractivity contribution in [3.8, 4) is 0 Å². The molecular formula is C15H16ClNO2. The lowest BCUT2D eigenvalue weighted by atomic mass is 9.84. The molecule has 0 saturated heterocycles. The second kappa shape index (κ2) is 5.49. The van der Waals surface area contributed by atoms with Crippen molar-refractivity contribution in [2.45, 2.75) is 25.8 Å². The highest BCUT2D eigenvalue weighted by molar-refractivity contribution is 6.30. The van der Waals surface area contributed by atoms with Crippen LogP contribution in [0.1, 0.15) is 25.2 Å². The van der Waals surface area contributed by atoms with Crippen LogP contribution in [0, 0.1) is 0 Å². The number of halogens is 1. The van der Waals surface area contributed by atoms with Crippen molar-refractivity contribution < 1.29 is 9.21 Å². The van der Waals surface area contributed by atoms with Crippen LogP contribution in [-0.2, 0) is 16.8 Å². The Labute approximate surface area is 117 Å². The molecule has 1 amide bonds. The Bertz CT molecular complexity index is 544. The third kappa shape index (κ3) is 3.18. The first-order valence-corrected chi connectivity index (χ1v) is 6.44. The van der Waals surface area contributed by atoms with Crippen LogP contribution in [0.5, 0.6) is 0 Å². The normalized spacial score (nSPS) is 11.3. The number of rotatable bonds is 4. The van der Waals surface area contributed by atoms with Crippen molar-refractivity contribution in [3.05, 3.63) is 59.0 Å². The summed E-state index contributed by atoms with van der Waals surface area (Å²) in [6.07, 6.45) is 1.59. The van der Waals surface area contributed by atoms with Gasteiger partial charge in [-0.05, 0) is 43.7 Å². The lowest BCUT2D eigenvalue weighted by molar-refractivity contribution is -0.125. The number of hydrogen-bond acceptors (Lipinski definition) is 2. The van der Waals surface area contributed by atoms with E-state index in [1.54, 1.807) is 24.5 Å². The first-order chi connectivity index (χ1) is 9.00. The van der Waals surface area contributed by atoms with Crippen LogP contribution in [0.4, 0.5) is 0 Å². The molecule has 0 unspecified atom stereocenters.